The predicted molar refractivity (Wildman–Crippen MR) is 127 cm³/mol. The molecule has 0 spiro atoms. The maximum Gasteiger partial charge on any atom is 0.0575 e. The van der Waals surface area contributed by atoms with Gasteiger partial charge in [-0.05, 0) is 25.7 Å². The van der Waals surface area contributed by atoms with E-state index in [1.165, 1.54) is 128 Å². The maximum atomic E-state index is 6.32. The van der Waals surface area contributed by atoms with Crippen molar-refractivity contribution < 1.29 is 4.74 Å². The van der Waals surface area contributed by atoms with Crippen LogP contribution in [0.1, 0.15) is 142 Å². The molecule has 0 bridgehead atoms. The number of ether oxygens (including phenoxy) is 1. The van der Waals surface area contributed by atoms with Crippen molar-refractivity contribution in [1.29, 1.82) is 0 Å². The van der Waals surface area contributed by atoms with E-state index in [2.05, 4.69) is 29.8 Å². The minimum Gasteiger partial charge on any atom is -0.378 e. The van der Waals surface area contributed by atoms with Crippen LogP contribution < -0.4 is 0 Å². The largest absolute Gasteiger partial charge is 0.378 e. The molecule has 0 heterocycles. The zero-order chi connectivity index (χ0) is 19.8. The highest BCUT2D eigenvalue weighted by Gasteiger charge is 2.09. The Hall–Kier alpha value is 0.440. The normalized spacial score (nSPS) is 11.6. The lowest BCUT2D eigenvalue weighted by atomic mass is 10.0. The monoisotopic (exact) mass is 446 g/mol. The summed E-state index contributed by atoms with van der Waals surface area (Å²) in [6, 6.07) is 0. The molecule has 27 heavy (non-hydrogen) atoms. The van der Waals surface area contributed by atoms with E-state index in [1.54, 1.807) is 0 Å². The fourth-order valence-corrected chi connectivity index (χ4v) is 4.17. The smallest absolute Gasteiger partial charge is 0.0575 e. The third-order valence-corrected chi connectivity index (χ3v) is 6.20. The van der Waals surface area contributed by atoms with Crippen molar-refractivity contribution in [2.45, 2.75) is 148 Å². The van der Waals surface area contributed by atoms with Gasteiger partial charge >= 0.3 is 0 Å². The van der Waals surface area contributed by atoms with Crippen LogP contribution in [0.5, 0.6) is 0 Å². The van der Waals surface area contributed by atoms with Crippen molar-refractivity contribution in [3.05, 3.63) is 0 Å². The summed E-state index contributed by atoms with van der Waals surface area (Å²) in [4.78, 5) is 0. The van der Waals surface area contributed by atoms with E-state index in [4.69, 9.17) is 4.74 Å². The van der Waals surface area contributed by atoms with Gasteiger partial charge in [-0.15, -0.1) is 0 Å². The Balaban J connectivity index is 3.77. The lowest BCUT2D eigenvalue weighted by molar-refractivity contribution is 0.0357. The van der Waals surface area contributed by atoms with Gasteiger partial charge in [-0.3, -0.25) is 0 Å². The van der Waals surface area contributed by atoms with Gasteiger partial charge in [0.25, 0.3) is 0 Å². The molecule has 0 amide bonds. The van der Waals surface area contributed by atoms with Gasteiger partial charge in [0.2, 0.25) is 0 Å². The molecule has 1 nitrogen and oxygen atoms in total. The molecule has 0 aromatic carbocycles. The van der Waals surface area contributed by atoms with Gasteiger partial charge in [0.15, 0.2) is 0 Å². The Labute approximate surface area is 180 Å². The van der Waals surface area contributed by atoms with Crippen LogP contribution in [0.15, 0.2) is 0 Å². The van der Waals surface area contributed by atoms with Crippen LogP contribution in [0.25, 0.3) is 0 Å². The van der Waals surface area contributed by atoms with E-state index in [-0.39, 0.29) is 0 Å². The standard InChI is InChI=1S/C25H51BrO/c1-3-5-7-9-13-17-21-25(22-18-14-10-8-6-4-2)27-24-20-16-12-11-15-19-23-26/h25H,3-24H2,1-2H3. The highest BCUT2D eigenvalue weighted by atomic mass is 79.9. The number of halogens is 1. The molecule has 164 valence electrons. The van der Waals surface area contributed by atoms with Crippen LogP contribution in [0, 0.1) is 0 Å². The summed E-state index contributed by atoms with van der Waals surface area (Å²) in [7, 11) is 0. The molecule has 0 aliphatic heterocycles. The van der Waals surface area contributed by atoms with Gasteiger partial charge in [0.05, 0.1) is 6.10 Å². The molecule has 0 saturated carbocycles. The minimum absolute atomic E-state index is 0.538. The average Bonchev–Trinajstić information content (AvgIpc) is 2.68. The molecular weight excluding hydrogens is 396 g/mol. The maximum absolute atomic E-state index is 6.32. The molecular formula is C25H51BrO. The van der Waals surface area contributed by atoms with Crippen LogP contribution >= 0.6 is 15.9 Å². The van der Waals surface area contributed by atoms with Crippen molar-refractivity contribution in [2.24, 2.45) is 0 Å². The summed E-state index contributed by atoms with van der Waals surface area (Å²) in [6.45, 7) is 5.59. The number of unbranched alkanes of at least 4 members (excludes halogenated alkanes) is 15. The van der Waals surface area contributed by atoms with Crippen molar-refractivity contribution in [2.75, 3.05) is 11.9 Å². The zero-order valence-electron chi connectivity index (χ0n) is 18.9. The summed E-state index contributed by atoms with van der Waals surface area (Å²) in [6.07, 6.45) is 28.0. The Morgan fingerprint density at radius 3 is 1.41 bits per heavy atom. The Morgan fingerprint density at radius 2 is 0.926 bits per heavy atom. The first-order valence-corrected chi connectivity index (χ1v) is 13.6. The van der Waals surface area contributed by atoms with E-state index in [0.717, 1.165) is 11.9 Å². The highest BCUT2D eigenvalue weighted by molar-refractivity contribution is 9.09. The van der Waals surface area contributed by atoms with E-state index in [9.17, 15) is 0 Å². The van der Waals surface area contributed by atoms with Crippen LogP contribution in [0.4, 0.5) is 0 Å². The first-order chi connectivity index (χ1) is 13.3. The zero-order valence-corrected chi connectivity index (χ0v) is 20.5. The number of hydrogen-bond donors (Lipinski definition) is 0. The summed E-state index contributed by atoms with van der Waals surface area (Å²) >= 11 is 3.52. The first-order valence-electron chi connectivity index (χ1n) is 12.5. The molecule has 0 fully saturated rings. The molecule has 0 aliphatic carbocycles. The number of hydrogen-bond acceptors (Lipinski definition) is 1. The minimum atomic E-state index is 0.538. The third kappa shape index (κ3) is 22.6. The third-order valence-electron chi connectivity index (χ3n) is 5.64. The fraction of sp³-hybridized carbons (Fsp3) is 1.00. The van der Waals surface area contributed by atoms with Crippen LogP contribution in [0.2, 0.25) is 0 Å². The van der Waals surface area contributed by atoms with Crippen molar-refractivity contribution in [3.63, 3.8) is 0 Å². The molecule has 0 atom stereocenters. The SMILES string of the molecule is CCCCCCCCC(CCCCCCCC)OCCCCCCCCBr. The summed E-state index contributed by atoms with van der Waals surface area (Å²) in [5, 5.41) is 1.16. The Morgan fingerprint density at radius 1 is 0.519 bits per heavy atom. The second kappa shape index (κ2) is 24.5. The van der Waals surface area contributed by atoms with Gasteiger partial charge in [0, 0.05) is 11.9 Å². The summed E-state index contributed by atoms with van der Waals surface area (Å²) in [5.41, 5.74) is 0. The lowest BCUT2D eigenvalue weighted by Gasteiger charge is -2.18. The first kappa shape index (κ1) is 27.4. The van der Waals surface area contributed by atoms with E-state index in [1.807, 2.05) is 0 Å². The topological polar surface area (TPSA) is 9.23 Å². The van der Waals surface area contributed by atoms with Gasteiger partial charge in [-0.1, -0.05) is 133 Å². The molecule has 0 aromatic heterocycles. The predicted octanol–water partition coefficient (Wildman–Crippen LogP) is 9.61. The van der Waals surface area contributed by atoms with Crippen molar-refractivity contribution in [3.8, 4) is 0 Å². The number of rotatable bonds is 23. The summed E-state index contributed by atoms with van der Waals surface area (Å²) in [5.74, 6) is 0. The molecule has 0 saturated heterocycles. The highest BCUT2D eigenvalue weighted by Crippen LogP contribution is 2.17. The molecule has 0 aromatic rings. The molecule has 0 rings (SSSR count). The number of alkyl halides is 1. The van der Waals surface area contributed by atoms with Crippen LogP contribution in [-0.4, -0.2) is 18.0 Å². The van der Waals surface area contributed by atoms with Gasteiger partial charge in [-0.2, -0.15) is 0 Å². The lowest BCUT2D eigenvalue weighted by Crippen LogP contribution is -2.14. The molecule has 0 unspecified atom stereocenters. The molecule has 0 radical (unpaired) electrons. The van der Waals surface area contributed by atoms with E-state index in [0.29, 0.717) is 6.10 Å². The van der Waals surface area contributed by atoms with Crippen LogP contribution in [0.3, 0.4) is 0 Å². The van der Waals surface area contributed by atoms with Crippen molar-refractivity contribution in [1.82, 2.24) is 0 Å². The van der Waals surface area contributed by atoms with Gasteiger partial charge < -0.3 is 4.74 Å². The van der Waals surface area contributed by atoms with Crippen molar-refractivity contribution >= 4 is 15.9 Å². The average molecular weight is 448 g/mol. The Bertz CT molecular complexity index is 241. The summed E-state index contributed by atoms with van der Waals surface area (Å²) < 4.78 is 6.32. The molecule has 2 heteroatoms. The van der Waals surface area contributed by atoms with Gasteiger partial charge in [0.1, 0.15) is 0 Å². The molecule has 0 N–H and O–H groups in total. The van der Waals surface area contributed by atoms with E-state index >= 15 is 0 Å². The second-order valence-corrected chi connectivity index (χ2v) is 9.21. The molecule has 0 aliphatic rings. The second-order valence-electron chi connectivity index (χ2n) is 8.42. The van der Waals surface area contributed by atoms with E-state index < -0.39 is 0 Å². The van der Waals surface area contributed by atoms with Crippen LogP contribution in [-0.2, 0) is 4.74 Å². The quantitative estimate of drug-likeness (QED) is 0.112. The van der Waals surface area contributed by atoms with Gasteiger partial charge in [-0.25, -0.2) is 0 Å². The Kier molecular flexibility index (Phi) is 24.9. The fourth-order valence-electron chi connectivity index (χ4n) is 3.77.